The van der Waals surface area contributed by atoms with E-state index in [1.165, 1.54) is 12.4 Å². The number of aromatic nitrogens is 1. The third kappa shape index (κ3) is 15.8. The number of carbonyl (C=O) groups excluding carboxylic acids is 2. The monoisotopic (exact) mass is 483 g/mol. The van der Waals surface area contributed by atoms with Crippen LogP contribution in [0.2, 0.25) is 5.02 Å². The molecule has 0 saturated carbocycles. The third-order valence-corrected chi connectivity index (χ3v) is 5.01. The molecule has 184 valence electrons. The SMILES string of the molecule is CC/C=C\C/C=C\C/C=C\C/C=C\C/C=C\CCCC(=O)NCCNC(=O)c1cnccc1Cl. The zero-order chi connectivity index (χ0) is 24.7. The molecule has 1 aromatic rings. The van der Waals surface area contributed by atoms with Gasteiger partial charge in [0.05, 0.1) is 10.6 Å². The Morgan fingerprint density at radius 2 is 1.41 bits per heavy atom. The minimum atomic E-state index is -0.300. The molecule has 1 heterocycles. The molecule has 0 aliphatic rings. The highest BCUT2D eigenvalue weighted by Crippen LogP contribution is 2.12. The molecule has 34 heavy (non-hydrogen) atoms. The van der Waals surface area contributed by atoms with Gasteiger partial charge in [-0.25, -0.2) is 0 Å². The van der Waals surface area contributed by atoms with Crippen molar-refractivity contribution in [3.8, 4) is 0 Å². The average Bonchev–Trinajstić information content (AvgIpc) is 2.84. The number of carbonyl (C=O) groups is 2. The molecule has 0 unspecified atom stereocenters. The minimum absolute atomic E-state index is 0.0130. The molecule has 0 atom stereocenters. The fourth-order valence-corrected chi connectivity index (χ4v) is 3.05. The second-order valence-corrected chi connectivity index (χ2v) is 7.97. The van der Waals surface area contributed by atoms with Crippen molar-refractivity contribution in [3.63, 3.8) is 0 Å². The van der Waals surface area contributed by atoms with E-state index in [0.29, 0.717) is 30.1 Å². The van der Waals surface area contributed by atoms with Gasteiger partial charge in [0, 0.05) is 31.9 Å². The van der Waals surface area contributed by atoms with Gasteiger partial charge >= 0.3 is 0 Å². The van der Waals surface area contributed by atoms with Crippen LogP contribution in [0.25, 0.3) is 0 Å². The van der Waals surface area contributed by atoms with E-state index >= 15 is 0 Å². The van der Waals surface area contributed by atoms with Crippen molar-refractivity contribution in [1.29, 1.82) is 0 Å². The van der Waals surface area contributed by atoms with E-state index in [2.05, 4.69) is 83.3 Å². The number of amides is 2. The van der Waals surface area contributed by atoms with Crippen molar-refractivity contribution in [2.75, 3.05) is 13.1 Å². The summed E-state index contributed by atoms with van der Waals surface area (Å²) in [5, 5.41) is 5.88. The first-order chi connectivity index (χ1) is 16.6. The highest BCUT2D eigenvalue weighted by Gasteiger charge is 2.09. The predicted molar refractivity (Wildman–Crippen MR) is 143 cm³/mol. The van der Waals surface area contributed by atoms with Crippen molar-refractivity contribution < 1.29 is 9.59 Å². The Morgan fingerprint density at radius 3 is 2.00 bits per heavy atom. The fraction of sp³-hybridized carbons (Fsp3) is 0.393. The summed E-state index contributed by atoms with van der Waals surface area (Å²) in [5.41, 5.74) is 0.326. The summed E-state index contributed by atoms with van der Waals surface area (Å²) in [4.78, 5) is 27.7. The normalized spacial score (nSPS) is 12.1. The number of hydrogen-bond donors (Lipinski definition) is 2. The molecule has 0 radical (unpaired) electrons. The Labute approximate surface area is 209 Å². The number of hydrogen-bond acceptors (Lipinski definition) is 3. The topological polar surface area (TPSA) is 71.1 Å². The van der Waals surface area contributed by atoms with E-state index in [9.17, 15) is 9.59 Å². The first-order valence-electron chi connectivity index (χ1n) is 12.0. The van der Waals surface area contributed by atoms with Crippen LogP contribution in [-0.2, 0) is 4.79 Å². The van der Waals surface area contributed by atoms with E-state index in [1.807, 2.05) is 0 Å². The molecule has 0 aliphatic heterocycles. The summed E-state index contributed by atoms with van der Waals surface area (Å²) in [6.07, 6.45) is 31.8. The fourth-order valence-electron chi connectivity index (χ4n) is 2.86. The Kier molecular flexibility index (Phi) is 17.7. The largest absolute Gasteiger partial charge is 0.354 e. The number of halogens is 1. The minimum Gasteiger partial charge on any atom is -0.354 e. The Balaban J connectivity index is 1.98. The van der Waals surface area contributed by atoms with E-state index in [-0.39, 0.29) is 11.8 Å². The first kappa shape index (κ1) is 29.1. The zero-order valence-corrected chi connectivity index (χ0v) is 21.0. The molecular weight excluding hydrogens is 446 g/mol. The summed E-state index contributed by atoms with van der Waals surface area (Å²) >= 11 is 5.96. The number of nitrogens with zero attached hydrogens (tertiary/aromatic N) is 1. The molecule has 0 fully saturated rings. The maximum absolute atomic E-state index is 12.0. The van der Waals surface area contributed by atoms with Crippen molar-refractivity contribution in [1.82, 2.24) is 15.6 Å². The molecule has 0 bridgehead atoms. The summed E-state index contributed by atoms with van der Waals surface area (Å²) in [7, 11) is 0. The number of pyridine rings is 1. The summed E-state index contributed by atoms with van der Waals surface area (Å²) in [6.45, 7) is 2.86. The number of allylic oxidation sites excluding steroid dienone is 10. The van der Waals surface area contributed by atoms with Gasteiger partial charge in [0.1, 0.15) is 0 Å². The zero-order valence-electron chi connectivity index (χ0n) is 20.2. The first-order valence-corrected chi connectivity index (χ1v) is 12.4. The smallest absolute Gasteiger partial charge is 0.254 e. The summed E-state index contributed by atoms with van der Waals surface area (Å²) in [5.74, 6) is -0.313. The van der Waals surface area contributed by atoms with Crippen LogP contribution < -0.4 is 10.6 Å². The maximum atomic E-state index is 12.0. The lowest BCUT2D eigenvalue weighted by atomic mass is 10.2. The third-order valence-electron chi connectivity index (χ3n) is 4.68. The van der Waals surface area contributed by atoms with E-state index in [4.69, 9.17) is 11.6 Å². The molecule has 0 aromatic carbocycles. The number of nitrogens with one attached hydrogen (secondary N) is 2. The molecule has 2 amide bonds. The van der Waals surface area contributed by atoms with E-state index < -0.39 is 0 Å². The van der Waals surface area contributed by atoms with E-state index in [0.717, 1.165) is 44.9 Å². The molecule has 6 heteroatoms. The molecule has 0 spiro atoms. The summed E-state index contributed by atoms with van der Waals surface area (Å²) in [6, 6.07) is 1.56. The molecule has 1 rings (SSSR count). The maximum Gasteiger partial charge on any atom is 0.254 e. The summed E-state index contributed by atoms with van der Waals surface area (Å²) < 4.78 is 0. The van der Waals surface area contributed by atoms with Crippen LogP contribution in [0, 0.1) is 0 Å². The van der Waals surface area contributed by atoms with Crippen LogP contribution >= 0.6 is 11.6 Å². The van der Waals surface area contributed by atoms with Crippen LogP contribution in [0.15, 0.2) is 79.2 Å². The van der Waals surface area contributed by atoms with Crippen molar-refractivity contribution >= 4 is 23.4 Å². The number of unbranched alkanes of at least 4 members (excludes halogenated alkanes) is 1. The second kappa shape index (κ2) is 20.7. The van der Waals surface area contributed by atoms with E-state index in [1.54, 1.807) is 6.07 Å². The Morgan fingerprint density at radius 1 is 0.853 bits per heavy atom. The van der Waals surface area contributed by atoms with Crippen LogP contribution in [0.3, 0.4) is 0 Å². The van der Waals surface area contributed by atoms with Gasteiger partial charge in [0.2, 0.25) is 5.91 Å². The van der Waals surface area contributed by atoms with Gasteiger partial charge in [-0.05, 0) is 51.0 Å². The van der Waals surface area contributed by atoms with Gasteiger partial charge in [0.25, 0.3) is 5.91 Å². The second-order valence-electron chi connectivity index (χ2n) is 7.56. The highest BCUT2D eigenvalue weighted by atomic mass is 35.5. The lowest BCUT2D eigenvalue weighted by molar-refractivity contribution is -0.121. The van der Waals surface area contributed by atoms with Gasteiger partial charge in [-0.2, -0.15) is 0 Å². The molecule has 2 N–H and O–H groups in total. The Hall–Kier alpha value is -2.92. The van der Waals surface area contributed by atoms with Crippen molar-refractivity contribution in [2.24, 2.45) is 0 Å². The van der Waals surface area contributed by atoms with Crippen LogP contribution in [0.5, 0.6) is 0 Å². The molecule has 5 nitrogen and oxygen atoms in total. The Bertz CT molecular complexity index is 857. The van der Waals surface area contributed by atoms with Gasteiger partial charge in [-0.15, -0.1) is 0 Å². The predicted octanol–water partition coefficient (Wildman–Crippen LogP) is 6.50. The average molecular weight is 484 g/mol. The molecule has 1 aromatic heterocycles. The van der Waals surface area contributed by atoms with Crippen LogP contribution in [0.4, 0.5) is 0 Å². The van der Waals surface area contributed by atoms with Crippen molar-refractivity contribution in [3.05, 3.63) is 89.8 Å². The quantitative estimate of drug-likeness (QED) is 0.196. The van der Waals surface area contributed by atoms with Crippen LogP contribution in [0.1, 0.15) is 68.6 Å². The van der Waals surface area contributed by atoms with Gasteiger partial charge in [-0.1, -0.05) is 79.3 Å². The van der Waals surface area contributed by atoms with Gasteiger partial charge < -0.3 is 10.6 Å². The molecule has 0 saturated heterocycles. The van der Waals surface area contributed by atoms with Crippen molar-refractivity contribution in [2.45, 2.75) is 58.3 Å². The lowest BCUT2D eigenvalue weighted by Crippen LogP contribution is -2.34. The van der Waals surface area contributed by atoms with Gasteiger partial charge in [-0.3, -0.25) is 14.6 Å². The van der Waals surface area contributed by atoms with Gasteiger partial charge in [0.15, 0.2) is 0 Å². The van der Waals surface area contributed by atoms with Crippen LogP contribution in [-0.4, -0.2) is 29.9 Å². The standard InChI is InChI=1S/C28H38ClN3O2/c1-2-3-4-5-6-7-8-9-10-11-12-13-14-15-16-17-18-19-27(33)31-22-23-32-28(34)25-24-30-21-20-26(25)29/h3-4,6-7,9-10,12-13,15-16,20-21,24H,2,5,8,11,14,17-19,22-23H2,1H3,(H,31,33)(H,32,34)/b4-3-,7-6-,10-9-,13-12-,16-15-. The lowest BCUT2D eigenvalue weighted by Gasteiger charge is -2.07. The highest BCUT2D eigenvalue weighted by molar-refractivity contribution is 6.33. The molecular formula is C28H38ClN3O2. The number of rotatable bonds is 17. The molecule has 0 aliphatic carbocycles.